The van der Waals surface area contributed by atoms with Gasteiger partial charge in [0.15, 0.2) is 0 Å². The van der Waals surface area contributed by atoms with E-state index in [-0.39, 0.29) is 24.2 Å². The van der Waals surface area contributed by atoms with Crippen LogP contribution in [0.2, 0.25) is 0 Å². The zero-order valence-electron chi connectivity index (χ0n) is 12.7. The van der Waals surface area contributed by atoms with Gasteiger partial charge in [0, 0.05) is 43.6 Å². The predicted octanol–water partition coefficient (Wildman–Crippen LogP) is 1.10. The molecule has 0 N–H and O–H groups in total. The maximum Gasteiger partial charge on any atom is 0.228 e. The Kier molecular flexibility index (Phi) is 4.66. The number of carbonyl (C=O) groups is 3. The summed E-state index contributed by atoms with van der Waals surface area (Å²) in [6.07, 6.45) is 1.06. The van der Waals surface area contributed by atoms with E-state index in [1.54, 1.807) is 14.7 Å². The average molecular weight is 380 g/mol. The van der Waals surface area contributed by atoms with Crippen LogP contribution in [0.3, 0.4) is 0 Å². The molecule has 2 heterocycles. The monoisotopic (exact) mass is 379 g/mol. The van der Waals surface area contributed by atoms with Crippen molar-refractivity contribution in [2.24, 2.45) is 5.92 Å². The molecule has 2 fully saturated rings. The van der Waals surface area contributed by atoms with E-state index in [2.05, 4.69) is 15.9 Å². The number of rotatable bonds is 3. The lowest BCUT2D eigenvalue weighted by Crippen LogP contribution is -2.50. The van der Waals surface area contributed by atoms with Crippen LogP contribution in [0.25, 0.3) is 0 Å². The fraction of sp³-hybridized carbons (Fsp3) is 0.438. The van der Waals surface area contributed by atoms with E-state index in [0.717, 1.165) is 16.6 Å². The van der Waals surface area contributed by atoms with Crippen molar-refractivity contribution < 1.29 is 14.4 Å². The number of carbonyl (C=O) groups excluding carboxylic acids is 3. The molecular weight excluding hydrogens is 362 g/mol. The summed E-state index contributed by atoms with van der Waals surface area (Å²) < 4.78 is 0.848. The number of anilines is 1. The van der Waals surface area contributed by atoms with Gasteiger partial charge in [-0.05, 0) is 28.1 Å². The fourth-order valence-electron chi connectivity index (χ4n) is 3.08. The Morgan fingerprint density at radius 2 is 1.87 bits per heavy atom. The van der Waals surface area contributed by atoms with Crippen LogP contribution in [-0.4, -0.2) is 60.7 Å². The highest BCUT2D eigenvalue weighted by atomic mass is 79.9. The lowest BCUT2D eigenvalue weighted by Gasteiger charge is -2.33. The first-order valence-corrected chi connectivity index (χ1v) is 8.42. The zero-order valence-corrected chi connectivity index (χ0v) is 14.2. The van der Waals surface area contributed by atoms with Crippen molar-refractivity contribution in [3.8, 4) is 0 Å². The Labute approximate surface area is 143 Å². The molecule has 0 radical (unpaired) electrons. The largest absolute Gasteiger partial charge is 0.342 e. The highest BCUT2D eigenvalue weighted by Crippen LogP contribution is 2.31. The second kappa shape index (κ2) is 6.70. The summed E-state index contributed by atoms with van der Waals surface area (Å²) >= 11 is 3.45. The maximum absolute atomic E-state index is 12.6. The molecule has 7 heteroatoms. The number of hydrogen-bond donors (Lipinski definition) is 0. The zero-order chi connectivity index (χ0) is 16.4. The Bertz CT molecular complexity index is 629. The van der Waals surface area contributed by atoms with Crippen molar-refractivity contribution >= 4 is 39.8 Å². The topological polar surface area (TPSA) is 60.9 Å². The van der Waals surface area contributed by atoms with Crippen LogP contribution in [0.15, 0.2) is 28.7 Å². The molecule has 1 unspecified atom stereocenters. The predicted molar refractivity (Wildman–Crippen MR) is 88.8 cm³/mol. The molecule has 0 spiro atoms. The van der Waals surface area contributed by atoms with Gasteiger partial charge in [0.2, 0.25) is 18.2 Å². The Morgan fingerprint density at radius 3 is 2.52 bits per heavy atom. The summed E-state index contributed by atoms with van der Waals surface area (Å²) in [4.78, 5) is 40.8. The van der Waals surface area contributed by atoms with E-state index in [4.69, 9.17) is 0 Å². The highest BCUT2D eigenvalue weighted by Gasteiger charge is 2.38. The third kappa shape index (κ3) is 3.24. The summed E-state index contributed by atoms with van der Waals surface area (Å²) in [6.45, 7) is 2.61. The Morgan fingerprint density at radius 1 is 1.17 bits per heavy atom. The van der Waals surface area contributed by atoms with Crippen LogP contribution < -0.4 is 4.90 Å². The normalized spacial score (nSPS) is 21.7. The van der Waals surface area contributed by atoms with Crippen LogP contribution in [-0.2, 0) is 14.4 Å². The summed E-state index contributed by atoms with van der Waals surface area (Å²) in [7, 11) is 0. The van der Waals surface area contributed by atoms with Crippen LogP contribution in [0.5, 0.6) is 0 Å². The number of benzene rings is 1. The lowest BCUT2D eigenvalue weighted by molar-refractivity contribution is -0.139. The SMILES string of the molecule is O=CN1CCN(C(=O)C2CC(=O)N(c3ccccc3Br)C2)CC1. The molecule has 0 aliphatic carbocycles. The highest BCUT2D eigenvalue weighted by molar-refractivity contribution is 9.10. The van der Waals surface area contributed by atoms with E-state index < -0.39 is 0 Å². The first kappa shape index (κ1) is 16.0. The number of hydrogen-bond acceptors (Lipinski definition) is 3. The molecule has 0 bridgehead atoms. The van der Waals surface area contributed by atoms with Gasteiger partial charge in [-0.25, -0.2) is 0 Å². The van der Waals surface area contributed by atoms with Crippen LogP contribution in [0.4, 0.5) is 5.69 Å². The fourth-order valence-corrected chi connectivity index (χ4v) is 3.58. The molecular formula is C16H18BrN3O3. The van der Waals surface area contributed by atoms with Crippen molar-refractivity contribution in [2.45, 2.75) is 6.42 Å². The lowest BCUT2D eigenvalue weighted by atomic mass is 10.1. The minimum absolute atomic E-state index is 0.0125. The van der Waals surface area contributed by atoms with Crippen molar-refractivity contribution in [2.75, 3.05) is 37.6 Å². The second-order valence-electron chi connectivity index (χ2n) is 5.82. The third-order valence-electron chi connectivity index (χ3n) is 4.39. The number of para-hydroxylation sites is 1. The van der Waals surface area contributed by atoms with Gasteiger partial charge in [0.25, 0.3) is 0 Å². The minimum atomic E-state index is -0.308. The van der Waals surface area contributed by atoms with Gasteiger partial charge in [-0.2, -0.15) is 0 Å². The molecule has 0 saturated carbocycles. The van der Waals surface area contributed by atoms with E-state index in [1.165, 1.54) is 0 Å². The van der Waals surface area contributed by atoms with Gasteiger partial charge < -0.3 is 14.7 Å². The Balaban J connectivity index is 1.67. The molecule has 23 heavy (non-hydrogen) atoms. The molecule has 1 aromatic carbocycles. The standard InChI is InChI=1S/C16H18BrN3O3/c17-13-3-1-2-4-14(13)20-10-12(9-15(20)22)16(23)19-7-5-18(11-21)6-8-19/h1-4,11-12H,5-10H2. The maximum atomic E-state index is 12.6. The second-order valence-corrected chi connectivity index (χ2v) is 6.68. The number of amides is 3. The Hall–Kier alpha value is -1.89. The smallest absolute Gasteiger partial charge is 0.228 e. The van der Waals surface area contributed by atoms with E-state index in [0.29, 0.717) is 32.7 Å². The quantitative estimate of drug-likeness (QED) is 0.738. The molecule has 1 atom stereocenters. The average Bonchev–Trinajstić information content (AvgIpc) is 2.96. The number of halogens is 1. The van der Waals surface area contributed by atoms with E-state index >= 15 is 0 Å². The van der Waals surface area contributed by atoms with Gasteiger partial charge in [-0.15, -0.1) is 0 Å². The van der Waals surface area contributed by atoms with Crippen LogP contribution in [0, 0.1) is 5.92 Å². The first-order valence-electron chi connectivity index (χ1n) is 7.63. The summed E-state index contributed by atoms with van der Waals surface area (Å²) in [5, 5.41) is 0. The van der Waals surface area contributed by atoms with Gasteiger partial charge >= 0.3 is 0 Å². The van der Waals surface area contributed by atoms with Crippen molar-refractivity contribution in [1.29, 1.82) is 0 Å². The van der Waals surface area contributed by atoms with Crippen molar-refractivity contribution in [3.63, 3.8) is 0 Å². The van der Waals surface area contributed by atoms with Crippen LogP contribution in [0.1, 0.15) is 6.42 Å². The van der Waals surface area contributed by atoms with Crippen molar-refractivity contribution in [3.05, 3.63) is 28.7 Å². The van der Waals surface area contributed by atoms with Gasteiger partial charge in [0.05, 0.1) is 11.6 Å². The molecule has 2 aliphatic rings. The summed E-state index contributed by atoms with van der Waals surface area (Å²) in [5.74, 6) is -0.322. The van der Waals surface area contributed by atoms with Crippen LogP contribution >= 0.6 is 15.9 Å². The summed E-state index contributed by atoms with van der Waals surface area (Å²) in [5.41, 5.74) is 0.804. The number of piperazine rings is 1. The van der Waals surface area contributed by atoms with Crippen molar-refractivity contribution in [1.82, 2.24) is 9.80 Å². The van der Waals surface area contributed by atoms with Gasteiger partial charge in [-0.1, -0.05) is 12.1 Å². The molecule has 3 rings (SSSR count). The van der Waals surface area contributed by atoms with E-state index in [1.807, 2.05) is 24.3 Å². The third-order valence-corrected chi connectivity index (χ3v) is 5.06. The first-order chi connectivity index (χ1) is 11.1. The van der Waals surface area contributed by atoms with Gasteiger partial charge in [-0.3, -0.25) is 14.4 Å². The molecule has 0 aromatic heterocycles. The molecule has 1 aromatic rings. The molecule has 6 nitrogen and oxygen atoms in total. The van der Waals surface area contributed by atoms with E-state index in [9.17, 15) is 14.4 Å². The number of nitrogens with zero attached hydrogens (tertiary/aromatic N) is 3. The molecule has 122 valence electrons. The van der Waals surface area contributed by atoms with Gasteiger partial charge in [0.1, 0.15) is 0 Å². The molecule has 2 aliphatic heterocycles. The molecule has 2 saturated heterocycles. The minimum Gasteiger partial charge on any atom is -0.342 e. The molecule has 3 amide bonds. The summed E-state index contributed by atoms with van der Waals surface area (Å²) in [6, 6.07) is 7.53.